The van der Waals surface area contributed by atoms with Gasteiger partial charge in [-0.1, -0.05) is 6.92 Å². The maximum absolute atomic E-state index is 12.2. The number of carbonyl (C=O) groups excluding carboxylic acids is 1. The Hall–Kier alpha value is -0.980. The van der Waals surface area contributed by atoms with E-state index in [0.29, 0.717) is 19.0 Å². The SMILES string of the molecule is CCCNC1COCC1C(=O)Nc1ncccc1Br. The van der Waals surface area contributed by atoms with Crippen LogP contribution in [0, 0.1) is 5.92 Å². The van der Waals surface area contributed by atoms with Crippen LogP contribution in [0.25, 0.3) is 0 Å². The summed E-state index contributed by atoms with van der Waals surface area (Å²) < 4.78 is 6.18. The van der Waals surface area contributed by atoms with Crippen molar-refractivity contribution >= 4 is 27.7 Å². The Kier molecular flexibility index (Phi) is 5.30. The Balaban J connectivity index is 1.97. The molecule has 1 aromatic heterocycles. The Morgan fingerprint density at radius 2 is 2.42 bits per heavy atom. The summed E-state index contributed by atoms with van der Waals surface area (Å²) in [6, 6.07) is 3.74. The summed E-state index contributed by atoms with van der Waals surface area (Å²) in [6.45, 7) is 4.03. The molecule has 0 radical (unpaired) electrons. The highest BCUT2D eigenvalue weighted by Crippen LogP contribution is 2.21. The van der Waals surface area contributed by atoms with E-state index in [1.807, 2.05) is 12.1 Å². The van der Waals surface area contributed by atoms with Crippen molar-refractivity contribution in [3.05, 3.63) is 22.8 Å². The predicted molar refractivity (Wildman–Crippen MR) is 77.0 cm³/mol. The molecule has 19 heavy (non-hydrogen) atoms. The van der Waals surface area contributed by atoms with Crippen LogP contribution in [0.5, 0.6) is 0 Å². The zero-order valence-electron chi connectivity index (χ0n) is 10.9. The molecule has 1 amide bonds. The fourth-order valence-electron chi connectivity index (χ4n) is 2.03. The Labute approximate surface area is 121 Å². The van der Waals surface area contributed by atoms with Crippen molar-refractivity contribution in [2.75, 3.05) is 25.1 Å². The van der Waals surface area contributed by atoms with Crippen LogP contribution in [0.4, 0.5) is 5.82 Å². The average Bonchev–Trinajstić information content (AvgIpc) is 2.87. The lowest BCUT2D eigenvalue weighted by atomic mass is 10.0. The summed E-state index contributed by atoms with van der Waals surface area (Å²) in [5.74, 6) is 0.333. The third-order valence-corrected chi connectivity index (χ3v) is 3.71. The van der Waals surface area contributed by atoms with Crippen molar-refractivity contribution in [2.24, 2.45) is 5.92 Å². The second-order valence-corrected chi connectivity index (χ2v) is 5.38. The topological polar surface area (TPSA) is 63.2 Å². The molecule has 1 saturated heterocycles. The van der Waals surface area contributed by atoms with Crippen molar-refractivity contribution in [2.45, 2.75) is 19.4 Å². The molecular weight excluding hydrogens is 310 g/mol. The maximum atomic E-state index is 12.2. The molecule has 0 aromatic carbocycles. The number of nitrogens with one attached hydrogen (secondary N) is 2. The van der Waals surface area contributed by atoms with Crippen LogP contribution in [0.2, 0.25) is 0 Å². The van der Waals surface area contributed by atoms with Crippen LogP contribution >= 0.6 is 15.9 Å². The number of aromatic nitrogens is 1. The average molecular weight is 328 g/mol. The van der Waals surface area contributed by atoms with Gasteiger partial charge in [-0.2, -0.15) is 0 Å². The molecule has 0 bridgehead atoms. The summed E-state index contributed by atoms with van der Waals surface area (Å²) in [5, 5.41) is 6.19. The Morgan fingerprint density at radius 1 is 1.58 bits per heavy atom. The fourth-order valence-corrected chi connectivity index (χ4v) is 2.38. The molecule has 2 heterocycles. The minimum absolute atomic E-state index is 0.0505. The molecule has 6 heteroatoms. The lowest BCUT2D eigenvalue weighted by molar-refractivity contribution is -0.120. The minimum atomic E-state index is -0.166. The van der Waals surface area contributed by atoms with Crippen molar-refractivity contribution in [3.63, 3.8) is 0 Å². The first kappa shape index (κ1) is 14.4. The molecule has 1 aromatic rings. The van der Waals surface area contributed by atoms with E-state index in [2.05, 4.69) is 38.5 Å². The number of ether oxygens (including phenoxy) is 1. The number of hydrogen-bond donors (Lipinski definition) is 2. The second kappa shape index (κ2) is 6.98. The summed E-state index contributed by atoms with van der Waals surface area (Å²) in [6.07, 6.45) is 2.69. The third-order valence-electron chi connectivity index (χ3n) is 3.07. The van der Waals surface area contributed by atoms with Crippen LogP contribution in [-0.4, -0.2) is 36.7 Å². The van der Waals surface area contributed by atoms with Crippen LogP contribution in [0.15, 0.2) is 22.8 Å². The van der Waals surface area contributed by atoms with Crippen molar-refractivity contribution < 1.29 is 9.53 Å². The van der Waals surface area contributed by atoms with Gasteiger partial charge in [0, 0.05) is 12.2 Å². The van der Waals surface area contributed by atoms with E-state index in [0.717, 1.165) is 17.4 Å². The van der Waals surface area contributed by atoms with Gasteiger partial charge in [0.2, 0.25) is 5.91 Å². The van der Waals surface area contributed by atoms with E-state index >= 15 is 0 Å². The van der Waals surface area contributed by atoms with Crippen LogP contribution < -0.4 is 10.6 Å². The van der Waals surface area contributed by atoms with Crippen LogP contribution in [0.1, 0.15) is 13.3 Å². The molecule has 1 fully saturated rings. The zero-order valence-corrected chi connectivity index (χ0v) is 12.4. The summed E-state index contributed by atoms with van der Waals surface area (Å²) >= 11 is 3.37. The van der Waals surface area contributed by atoms with Gasteiger partial charge in [0.25, 0.3) is 0 Å². The highest BCUT2D eigenvalue weighted by atomic mass is 79.9. The Morgan fingerprint density at radius 3 is 3.16 bits per heavy atom. The number of halogens is 1. The molecule has 0 aliphatic carbocycles. The summed E-state index contributed by atoms with van der Waals surface area (Å²) in [4.78, 5) is 16.4. The lowest BCUT2D eigenvalue weighted by Gasteiger charge is -2.18. The summed E-state index contributed by atoms with van der Waals surface area (Å²) in [7, 11) is 0. The van der Waals surface area contributed by atoms with Gasteiger partial charge in [-0.05, 0) is 41.0 Å². The molecule has 1 aliphatic rings. The largest absolute Gasteiger partial charge is 0.379 e. The highest BCUT2D eigenvalue weighted by Gasteiger charge is 2.33. The molecule has 0 spiro atoms. The normalized spacial score (nSPS) is 22.4. The number of carbonyl (C=O) groups is 1. The number of anilines is 1. The van der Waals surface area contributed by atoms with Gasteiger partial charge in [-0.15, -0.1) is 0 Å². The quantitative estimate of drug-likeness (QED) is 0.865. The standard InChI is InChI=1S/C13H18BrN3O2/c1-2-5-15-11-8-19-7-9(11)13(18)17-12-10(14)4-3-6-16-12/h3-4,6,9,11,15H,2,5,7-8H2,1H3,(H,16,17,18). The molecular formula is C13H18BrN3O2. The summed E-state index contributed by atoms with van der Waals surface area (Å²) in [5.41, 5.74) is 0. The zero-order chi connectivity index (χ0) is 13.7. The van der Waals surface area contributed by atoms with Crippen molar-refractivity contribution in [3.8, 4) is 0 Å². The lowest BCUT2D eigenvalue weighted by Crippen LogP contribution is -2.41. The number of nitrogens with zero attached hydrogens (tertiary/aromatic N) is 1. The van der Waals surface area contributed by atoms with E-state index in [4.69, 9.17) is 4.74 Å². The van der Waals surface area contributed by atoms with E-state index in [1.165, 1.54) is 0 Å². The number of rotatable bonds is 5. The van der Waals surface area contributed by atoms with Gasteiger partial charge in [0.15, 0.2) is 0 Å². The monoisotopic (exact) mass is 327 g/mol. The third kappa shape index (κ3) is 3.75. The van der Waals surface area contributed by atoms with E-state index < -0.39 is 0 Å². The molecule has 1 aliphatic heterocycles. The van der Waals surface area contributed by atoms with Crippen LogP contribution in [0.3, 0.4) is 0 Å². The molecule has 2 atom stereocenters. The van der Waals surface area contributed by atoms with Crippen molar-refractivity contribution in [1.82, 2.24) is 10.3 Å². The first-order valence-corrected chi connectivity index (χ1v) is 7.24. The minimum Gasteiger partial charge on any atom is -0.379 e. The van der Waals surface area contributed by atoms with Gasteiger partial charge >= 0.3 is 0 Å². The molecule has 5 nitrogen and oxygen atoms in total. The number of hydrogen-bond acceptors (Lipinski definition) is 4. The van der Waals surface area contributed by atoms with Gasteiger partial charge in [-0.3, -0.25) is 4.79 Å². The van der Waals surface area contributed by atoms with Crippen molar-refractivity contribution in [1.29, 1.82) is 0 Å². The van der Waals surface area contributed by atoms with Gasteiger partial charge in [-0.25, -0.2) is 4.98 Å². The number of amides is 1. The first-order chi connectivity index (χ1) is 9.22. The molecule has 2 rings (SSSR count). The molecule has 2 unspecified atom stereocenters. The van der Waals surface area contributed by atoms with E-state index in [-0.39, 0.29) is 17.9 Å². The second-order valence-electron chi connectivity index (χ2n) is 4.53. The van der Waals surface area contributed by atoms with E-state index in [9.17, 15) is 4.79 Å². The van der Waals surface area contributed by atoms with Gasteiger partial charge < -0.3 is 15.4 Å². The smallest absolute Gasteiger partial charge is 0.232 e. The Bertz CT molecular complexity index is 442. The fraction of sp³-hybridized carbons (Fsp3) is 0.538. The predicted octanol–water partition coefficient (Wildman–Crippen LogP) is 1.80. The molecule has 2 N–H and O–H groups in total. The van der Waals surface area contributed by atoms with E-state index in [1.54, 1.807) is 6.20 Å². The van der Waals surface area contributed by atoms with Crippen LogP contribution in [-0.2, 0) is 9.53 Å². The first-order valence-electron chi connectivity index (χ1n) is 6.45. The number of pyridine rings is 1. The van der Waals surface area contributed by atoms with Gasteiger partial charge in [0.1, 0.15) is 5.82 Å². The maximum Gasteiger partial charge on any atom is 0.232 e. The highest BCUT2D eigenvalue weighted by molar-refractivity contribution is 9.10. The molecule has 104 valence electrons. The molecule has 0 saturated carbocycles. The van der Waals surface area contributed by atoms with Gasteiger partial charge in [0.05, 0.1) is 23.6 Å².